The zero-order valence-electron chi connectivity index (χ0n) is 17.9. The lowest BCUT2D eigenvalue weighted by Gasteiger charge is -2.19. The van der Waals surface area contributed by atoms with Crippen molar-refractivity contribution in [2.45, 2.75) is 51.9 Å². The van der Waals surface area contributed by atoms with Crippen LogP contribution in [0.4, 0.5) is 4.39 Å². The van der Waals surface area contributed by atoms with Crippen LogP contribution in [0.5, 0.6) is 0 Å². The highest BCUT2D eigenvalue weighted by Crippen LogP contribution is 2.47. The highest BCUT2D eigenvalue weighted by Gasteiger charge is 2.35. The van der Waals surface area contributed by atoms with Gasteiger partial charge in [-0.15, -0.1) is 0 Å². The third-order valence-corrected chi connectivity index (χ3v) is 6.74. The molecule has 0 saturated heterocycles. The second-order valence-corrected chi connectivity index (χ2v) is 9.09. The molecule has 2 aromatic heterocycles. The number of aromatic amines is 1. The quantitative estimate of drug-likeness (QED) is 0.423. The average molecular weight is 420 g/mol. The van der Waals surface area contributed by atoms with Crippen LogP contribution in [0, 0.1) is 18.7 Å². The van der Waals surface area contributed by atoms with Gasteiger partial charge >= 0.3 is 5.97 Å². The number of benzene rings is 2. The number of aliphatic carboxylic acids is 1. The first-order valence-corrected chi connectivity index (χ1v) is 10.9. The monoisotopic (exact) mass is 419 g/mol. The molecule has 160 valence electrons. The molecule has 2 unspecified atom stereocenters. The first kappa shape index (κ1) is 19.8. The summed E-state index contributed by atoms with van der Waals surface area (Å²) in [7, 11) is 0. The van der Waals surface area contributed by atoms with Crippen molar-refractivity contribution in [2.75, 3.05) is 0 Å². The average Bonchev–Trinajstić information content (AvgIpc) is 3.44. The number of rotatable bonds is 4. The number of halogens is 1. The molecule has 5 nitrogen and oxygen atoms in total. The third-order valence-electron chi connectivity index (χ3n) is 6.74. The van der Waals surface area contributed by atoms with Crippen LogP contribution in [-0.2, 0) is 4.79 Å². The maximum atomic E-state index is 14.0. The number of nitrogens with one attached hydrogen (secondary N) is 1. The van der Waals surface area contributed by atoms with Gasteiger partial charge in [-0.2, -0.15) is 5.10 Å². The molecule has 1 fully saturated rings. The van der Waals surface area contributed by atoms with E-state index in [0.717, 1.165) is 33.9 Å². The van der Waals surface area contributed by atoms with E-state index in [1.165, 1.54) is 17.3 Å². The van der Waals surface area contributed by atoms with E-state index in [4.69, 9.17) is 0 Å². The van der Waals surface area contributed by atoms with Crippen molar-refractivity contribution in [3.63, 3.8) is 0 Å². The molecular formula is C25H26FN3O2. The number of hydrogen-bond donors (Lipinski definition) is 2. The standard InChI is InChI=1S/C25H26FN3O2/c1-13(2)24-23(15-4-5-16(9-15)25(30)31)19-11-21-17(12-27-28-21)10-22(19)29(24)18-6-7-20(26)14(3)8-18/h6-8,10-13,15-16H,4-5,9H2,1-3H3,(H,27,28)(H,30,31). The van der Waals surface area contributed by atoms with Crippen LogP contribution in [-0.4, -0.2) is 25.8 Å². The molecule has 4 aromatic rings. The summed E-state index contributed by atoms with van der Waals surface area (Å²) in [4.78, 5) is 11.6. The van der Waals surface area contributed by atoms with E-state index >= 15 is 0 Å². The Morgan fingerprint density at radius 3 is 2.74 bits per heavy atom. The molecule has 2 atom stereocenters. The summed E-state index contributed by atoms with van der Waals surface area (Å²) in [5.41, 5.74) is 5.95. The van der Waals surface area contributed by atoms with Crippen LogP contribution >= 0.6 is 0 Å². The normalized spacial score (nSPS) is 19.1. The van der Waals surface area contributed by atoms with E-state index in [0.29, 0.717) is 18.4 Å². The molecule has 0 radical (unpaired) electrons. The largest absolute Gasteiger partial charge is 0.481 e. The summed E-state index contributed by atoms with van der Waals surface area (Å²) in [6, 6.07) is 9.50. The Hall–Kier alpha value is -3.15. The molecule has 5 rings (SSSR count). The van der Waals surface area contributed by atoms with Gasteiger partial charge in [0.15, 0.2) is 0 Å². The Labute approximate surface area is 179 Å². The molecule has 0 spiro atoms. The molecule has 2 heterocycles. The number of aromatic nitrogens is 3. The van der Waals surface area contributed by atoms with E-state index in [-0.39, 0.29) is 23.6 Å². The number of carbonyl (C=O) groups is 1. The molecule has 0 bridgehead atoms. The minimum Gasteiger partial charge on any atom is -0.481 e. The van der Waals surface area contributed by atoms with Gasteiger partial charge in [-0.1, -0.05) is 13.8 Å². The summed E-state index contributed by atoms with van der Waals surface area (Å²) in [6.07, 6.45) is 4.02. The number of H-pyrrole nitrogens is 1. The predicted octanol–water partition coefficient (Wildman–Crippen LogP) is 6.05. The summed E-state index contributed by atoms with van der Waals surface area (Å²) in [5, 5.41) is 19.0. The highest BCUT2D eigenvalue weighted by molar-refractivity contribution is 5.99. The van der Waals surface area contributed by atoms with Crippen LogP contribution in [0.3, 0.4) is 0 Å². The first-order valence-electron chi connectivity index (χ1n) is 10.9. The molecular weight excluding hydrogens is 393 g/mol. The number of aryl methyl sites for hydroxylation is 1. The van der Waals surface area contributed by atoms with Crippen molar-refractivity contribution in [1.82, 2.24) is 14.8 Å². The summed E-state index contributed by atoms with van der Waals surface area (Å²) in [6.45, 7) is 6.12. The number of nitrogens with zero attached hydrogens (tertiary/aromatic N) is 2. The van der Waals surface area contributed by atoms with Gasteiger partial charge in [0.1, 0.15) is 5.82 Å². The smallest absolute Gasteiger partial charge is 0.306 e. The van der Waals surface area contributed by atoms with E-state index in [1.807, 2.05) is 18.3 Å². The lowest BCUT2D eigenvalue weighted by molar-refractivity contribution is -0.141. The van der Waals surface area contributed by atoms with E-state index < -0.39 is 5.97 Å². The molecule has 1 aliphatic rings. The van der Waals surface area contributed by atoms with Gasteiger partial charge in [0, 0.05) is 22.2 Å². The summed E-state index contributed by atoms with van der Waals surface area (Å²) in [5.74, 6) is -0.823. The van der Waals surface area contributed by atoms with Crippen molar-refractivity contribution in [2.24, 2.45) is 5.92 Å². The van der Waals surface area contributed by atoms with Gasteiger partial charge in [-0.3, -0.25) is 9.89 Å². The number of hydrogen-bond acceptors (Lipinski definition) is 2. The Balaban J connectivity index is 1.83. The molecule has 0 amide bonds. The second-order valence-electron chi connectivity index (χ2n) is 9.09. The minimum absolute atomic E-state index is 0.184. The van der Waals surface area contributed by atoms with Crippen LogP contribution in [0.15, 0.2) is 36.5 Å². The third kappa shape index (κ3) is 3.12. The van der Waals surface area contributed by atoms with Crippen LogP contribution in [0.1, 0.15) is 61.8 Å². The van der Waals surface area contributed by atoms with E-state index in [1.54, 1.807) is 6.92 Å². The molecule has 1 aliphatic carbocycles. The first-order chi connectivity index (χ1) is 14.8. The minimum atomic E-state index is -0.706. The number of carboxylic acids is 1. The van der Waals surface area contributed by atoms with Gasteiger partial charge in [0.2, 0.25) is 0 Å². The summed E-state index contributed by atoms with van der Waals surface area (Å²) < 4.78 is 16.3. The Morgan fingerprint density at radius 1 is 1.26 bits per heavy atom. The zero-order valence-corrected chi connectivity index (χ0v) is 17.9. The zero-order chi connectivity index (χ0) is 21.9. The van der Waals surface area contributed by atoms with Crippen molar-refractivity contribution < 1.29 is 14.3 Å². The lowest BCUT2D eigenvalue weighted by Crippen LogP contribution is -2.10. The highest BCUT2D eigenvalue weighted by atomic mass is 19.1. The Kier molecular flexibility index (Phi) is 4.61. The van der Waals surface area contributed by atoms with Crippen molar-refractivity contribution >= 4 is 27.8 Å². The topological polar surface area (TPSA) is 70.9 Å². The SMILES string of the molecule is Cc1cc(-n2c(C(C)C)c(C3CCC(C(=O)O)C3)c3cc4[nH]ncc4cc32)ccc1F. The molecule has 31 heavy (non-hydrogen) atoms. The summed E-state index contributed by atoms with van der Waals surface area (Å²) >= 11 is 0. The van der Waals surface area contributed by atoms with Crippen LogP contribution in [0.2, 0.25) is 0 Å². The molecule has 1 saturated carbocycles. The van der Waals surface area contributed by atoms with Crippen molar-refractivity contribution in [1.29, 1.82) is 0 Å². The van der Waals surface area contributed by atoms with Gasteiger partial charge in [-0.25, -0.2) is 4.39 Å². The number of fused-ring (bicyclic) bond motifs is 2. The Bertz CT molecular complexity index is 1320. The maximum Gasteiger partial charge on any atom is 0.306 e. The fraction of sp³-hybridized carbons (Fsp3) is 0.360. The van der Waals surface area contributed by atoms with Gasteiger partial charge in [0.05, 0.1) is 23.1 Å². The molecule has 6 heteroatoms. The molecule has 0 aliphatic heterocycles. The van der Waals surface area contributed by atoms with Crippen molar-refractivity contribution in [3.8, 4) is 5.69 Å². The van der Waals surface area contributed by atoms with Crippen molar-refractivity contribution in [3.05, 3.63) is 59.2 Å². The van der Waals surface area contributed by atoms with Gasteiger partial charge in [0.25, 0.3) is 0 Å². The fourth-order valence-electron chi connectivity index (χ4n) is 5.28. The second kappa shape index (κ2) is 7.22. The fourth-order valence-corrected chi connectivity index (χ4v) is 5.28. The van der Waals surface area contributed by atoms with E-state index in [2.05, 4.69) is 40.7 Å². The van der Waals surface area contributed by atoms with Crippen LogP contribution < -0.4 is 0 Å². The Morgan fingerprint density at radius 2 is 2.06 bits per heavy atom. The van der Waals surface area contributed by atoms with Gasteiger partial charge in [-0.05, 0) is 79.5 Å². The van der Waals surface area contributed by atoms with E-state index in [9.17, 15) is 14.3 Å². The predicted molar refractivity (Wildman–Crippen MR) is 119 cm³/mol. The van der Waals surface area contributed by atoms with Gasteiger partial charge < -0.3 is 9.67 Å². The molecule has 2 N–H and O–H groups in total. The van der Waals surface area contributed by atoms with Crippen LogP contribution in [0.25, 0.3) is 27.5 Å². The molecule has 2 aromatic carbocycles. The maximum absolute atomic E-state index is 14.0. The number of carboxylic acid groups (broad SMARTS) is 1. The lowest BCUT2D eigenvalue weighted by atomic mass is 9.90.